The number of nitrogens with zero attached hydrogens (tertiary/aromatic N) is 3. The lowest BCUT2D eigenvalue weighted by Crippen LogP contribution is -1.98. The number of aromatic nitrogens is 3. The van der Waals surface area contributed by atoms with Crippen LogP contribution in [0.4, 0.5) is 0 Å². The molecule has 0 fully saturated rings. The Labute approximate surface area is 129 Å². The topological polar surface area (TPSA) is 39.8 Å². The monoisotopic (exact) mass is 291 g/mol. The van der Waals surface area contributed by atoms with Crippen molar-refractivity contribution in [3.8, 4) is 5.69 Å². The molecule has 4 nitrogen and oxygen atoms in total. The molecule has 2 heterocycles. The lowest BCUT2D eigenvalue weighted by atomic mass is 10.1. The number of benzene rings is 1. The Kier molecular flexibility index (Phi) is 3.74. The maximum absolute atomic E-state index is 12.3. The molecule has 0 saturated carbocycles. The van der Waals surface area contributed by atoms with Crippen molar-refractivity contribution in [2.45, 2.75) is 6.92 Å². The summed E-state index contributed by atoms with van der Waals surface area (Å²) < 4.78 is 3.74. The van der Waals surface area contributed by atoms with Crippen LogP contribution in [-0.2, 0) is 7.05 Å². The first kappa shape index (κ1) is 14.1. The highest BCUT2D eigenvalue weighted by Crippen LogP contribution is 2.13. The van der Waals surface area contributed by atoms with Gasteiger partial charge in [-0.3, -0.25) is 9.48 Å². The van der Waals surface area contributed by atoms with Crippen molar-refractivity contribution >= 4 is 11.9 Å². The van der Waals surface area contributed by atoms with E-state index in [4.69, 9.17) is 0 Å². The van der Waals surface area contributed by atoms with E-state index in [0.29, 0.717) is 5.56 Å². The van der Waals surface area contributed by atoms with Gasteiger partial charge < -0.3 is 4.57 Å². The van der Waals surface area contributed by atoms with Gasteiger partial charge in [0.25, 0.3) is 0 Å². The first-order chi connectivity index (χ1) is 10.6. The summed E-state index contributed by atoms with van der Waals surface area (Å²) in [6.07, 6.45) is 7.30. The molecule has 22 heavy (non-hydrogen) atoms. The van der Waals surface area contributed by atoms with Crippen molar-refractivity contribution in [1.82, 2.24) is 14.3 Å². The van der Waals surface area contributed by atoms with E-state index in [0.717, 1.165) is 17.1 Å². The zero-order valence-corrected chi connectivity index (χ0v) is 12.6. The minimum absolute atomic E-state index is 0.0205. The highest BCUT2D eigenvalue weighted by Gasteiger charge is 2.05. The SMILES string of the molecule is Cc1cc(/C=C/C(=O)c2cccc(-n3cccc3)c2)n(C)n1. The number of rotatable bonds is 4. The Bertz CT molecular complexity index is 826. The Morgan fingerprint density at radius 3 is 2.59 bits per heavy atom. The van der Waals surface area contributed by atoms with Gasteiger partial charge in [-0.25, -0.2) is 0 Å². The minimum atomic E-state index is -0.0205. The van der Waals surface area contributed by atoms with Crippen LogP contribution in [-0.4, -0.2) is 20.1 Å². The second-order valence-electron chi connectivity index (χ2n) is 5.17. The summed E-state index contributed by atoms with van der Waals surface area (Å²) in [5.74, 6) is -0.0205. The Morgan fingerprint density at radius 1 is 1.14 bits per heavy atom. The van der Waals surface area contributed by atoms with E-state index in [1.54, 1.807) is 16.8 Å². The van der Waals surface area contributed by atoms with Crippen molar-refractivity contribution < 1.29 is 4.79 Å². The van der Waals surface area contributed by atoms with Crippen LogP contribution in [0.25, 0.3) is 11.8 Å². The van der Waals surface area contributed by atoms with Gasteiger partial charge in [-0.15, -0.1) is 0 Å². The van der Waals surface area contributed by atoms with E-state index in [1.165, 1.54) is 0 Å². The molecule has 0 unspecified atom stereocenters. The smallest absolute Gasteiger partial charge is 0.185 e. The third-order valence-corrected chi connectivity index (χ3v) is 3.48. The molecule has 2 aromatic heterocycles. The van der Waals surface area contributed by atoms with Crippen LogP contribution in [0.3, 0.4) is 0 Å². The fraction of sp³-hybridized carbons (Fsp3) is 0.111. The van der Waals surface area contributed by atoms with Crippen molar-refractivity contribution in [3.63, 3.8) is 0 Å². The molecule has 3 aromatic rings. The molecule has 0 aliphatic rings. The molecule has 1 aromatic carbocycles. The fourth-order valence-corrected chi connectivity index (χ4v) is 2.37. The molecule has 4 heteroatoms. The highest BCUT2D eigenvalue weighted by molar-refractivity contribution is 6.07. The molecule has 0 atom stereocenters. The van der Waals surface area contributed by atoms with Gasteiger partial charge in [-0.05, 0) is 49.4 Å². The molecular formula is C18H17N3O. The predicted octanol–water partition coefficient (Wildman–Crippen LogP) is 3.42. The summed E-state index contributed by atoms with van der Waals surface area (Å²) in [6, 6.07) is 13.4. The number of hydrogen-bond donors (Lipinski definition) is 0. The maximum atomic E-state index is 12.3. The zero-order chi connectivity index (χ0) is 15.5. The average Bonchev–Trinajstić information content (AvgIpc) is 3.15. The van der Waals surface area contributed by atoms with Crippen LogP contribution in [0.2, 0.25) is 0 Å². The highest BCUT2D eigenvalue weighted by atomic mass is 16.1. The van der Waals surface area contributed by atoms with Gasteiger partial charge in [-0.1, -0.05) is 12.1 Å². The van der Waals surface area contributed by atoms with Crippen LogP contribution < -0.4 is 0 Å². The number of carbonyl (C=O) groups is 1. The first-order valence-electron chi connectivity index (χ1n) is 7.10. The standard InChI is InChI=1S/C18H17N3O/c1-14-12-16(20(2)19-14)8-9-18(22)15-6-5-7-17(13-15)21-10-3-4-11-21/h3-13H,1-2H3/b9-8+. The molecular weight excluding hydrogens is 274 g/mol. The number of hydrogen-bond acceptors (Lipinski definition) is 2. The van der Waals surface area contributed by atoms with Crippen molar-refractivity contribution in [2.24, 2.45) is 7.05 Å². The predicted molar refractivity (Wildman–Crippen MR) is 87.1 cm³/mol. The van der Waals surface area contributed by atoms with Gasteiger partial charge in [0.2, 0.25) is 0 Å². The van der Waals surface area contributed by atoms with E-state index in [9.17, 15) is 4.79 Å². The van der Waals surface area contributed by atoms with E-state index in [1.807, 2.05) is 73.4 Å². The molecule has 110 valence electrons. The fourth-order valence-electron chi connectivity index (χ4n) is 2.37. The van der Waals surface area contributed by atoms with Gasteiger partial charge in [0.1, 0.15) is 0 Å². The summed E-state index contributed by atoms with van der Waals surface area (Å²) in [4.78, 5) is 12.3. The van der Waals surface area contributed by atoms with Crippen molar-refractivity contribution in [3.05, 3.63) is 77.9 Å². The summed E-state index contributed by atoms with van der Waals surface area (Å²) in [6.45, 7) is 1.93. The third kappa shape index (κ3) is 2.91. The Hall–Kier alpha value is -2.88. The van der Waals surface area contributed by atoms with Gasteiger partial charge in [-0.2, -0.15) is 5.10 Å². The molecule has 0 aliphatic carbocycles. The Morgan fingerprint density at radius 2 is 1.91 bits per heavy atom. The van der Waals surface area contributed by atoms with E-state index in [-0.39, 0.29) is 5.78 Å². The van der Waals surface area contributed by atoms with Crippen LogP contribution >= 0.6 is 0 Å². The second-order valence-corrected chi connectivity index (χ2v) is 5.17. The summed E-state index contributed by atoms with van der Waals surface area (Å²) in [5.41, 5.74) is 3.48. The maximum Gasteiger partial charge on any atom is 0.185 e. The quantitative estimate of drug-likeness (QED) is 0.546. The minimum Gasteiger partial charge on any atom is -0.324 e. The summed E-state index contributed by atoms with van der Waals surface area (Å²) in [5, 5.41) is 4.26. The molecule has 0 N–H and O–H groups in total. The van der Waals surface area contributed by atoms with Crippen molar-refractivity contribution in [2.75, 3.05) is 0 Å². The van der Waals surface area contributed by atoms with Crippen LogP contribution in [0.1, 0.15) is 21.7 Å². The lowest BCUT2D eigenvalue weighted by Gasteiger charge is -2.04. The Balaban J connectivity index is 1.83. The number of allylic oxidation sites excluding steroid dienone is 1. The normalized spacial score (nSPS) is 11.2. The van der Waals surface area contributed by atoms with E-state index in [2.05, 4.69) is 5.10 Å². The largest absolute Gasteiger partial charge is 0.324 e. The molecule has 3 rings (SSSR count). The average molecular weight is 291 g/mol. The summed E-state index contributed by atoms with van der Waals surface area (Å²) >= 11 is 0. The molecule has 0 radical (unpaired) electrons. The van der Waals surface area contributed by atoms with Crippen molar-refractivity contribution in [1.29, 1.82) is 0 Å². The molecule has 0 aliphatic heterocycles. The van der Waals surface area contributed by atoms with E-state index < -0.39 is 0 Å². The van der Waals surface area contributed by atoms with Gasteiger partial charge in [0.05, 0.1) is 11.4 Å². The first-order valence-corrected chi connectivity index (χ1v) is 7.10. The number of carbonyl (C=O) groups excluding carboxylic acids is 1. The van der Waals surface area contributed by atoms with Gasteiger partial charge in [0, 0.05) is 30.7 Å². The number of aryl methyl sites for hydroxylation is 2. The van der Waals surface area contributed by atoms with Crippen LogP contribution in [0.5, 0.6) is 0 Å². The molecule has 0 saturated heterocycles. The molecule has 0 bridgehead atoms. The van der Waals surface area contributed by atoms with E-state index >= 15 is 0 Å². The second kappa shape index (κ2) is 5.85. The van der Waals surface area contributed by atoms with Gasteiger partial charge in [0.15, 0.2) is 5.78 Å². The zero-order valence-electron chi connectivity index (χ0n) is 12.6. The van der Waals surface area contributed by atoms with Gasteiger partial charge >= 0.3 is 0 Å². The number of ketones is 1. The van der Waals surface area contributed by atoms with Crippen LogP contribution in [0.15, 0.2) is 60.9 Å². The third-order valence-electron chi connectivity index (χ3n) is 3.48. The van der Waals surface area contributed by atoms with Crippen LogP contribution in [0, 0.1) is 6.92 Å². The molecule has 0 amide bonds. The lowest BCUT2D eigenvalue weighted by molar-refractivity contribution is 0.104. The molecule has 0 spiro atoms. The summed E-state index contributed by atoms with van der Waals surface area (Å²) in [7, 11) is 1.86.